The summed E-state index contributed by atoms with van der Waals surface area (Å²) in [4.78, 5) is 7.72. The molecule has 2 fully saturated rings. The molecule has 2 aliphatic rings. The first-order valence-electron chi connectivity index (χ1n) is 7.70. The zero-order valence-electron chi connectivity index (χ0n) is 12.1. The summed E-state index contributed by atoms with van der Waals surface area (Å²) in [5, 5.41) is 0. The van der Waals surface area contributed by atoms with E-state index in [0.29, 0.717) is 11.0 Å². The Kier molecular flexibility index (Phi) is 3.92. The summed E-state index contributed by atoms with van der Waals surface area (Å²) in [6, 6.07) is 4.73. The minimum Gasteiger partial charge on any atom is -0.389 e. The topological polar surface area (TPSA) is 42.1 Å². The summed E-state index contributed by atoms with van der Waals surface area (Å²) in [5.74, 6) is 1.93. The first-order valence-corrected chi connectivity index (χ1v) is 8.11. The van der Waals surface area contributed by atoms with E-state index in [-0.39, 0.29) is 0 Å². The highest BCUT2D eigenvalue weighted by atomic mass is 32.1. The van der Waals surface area contributed by atoms with Crippen LogP contribution >= 0.6 is 12.2 Å². The highest BCUT2D eigenvalue weighted by molar-refractivity contribution is 7.80. The van der Waals surface area contributed by atoms with E-state index >= 15 is 0 Å². The van der Waals surface area contributed by atoms with Gasteiger partial charge in [-0.2, -0.15) is 0 Å². The molecular weight excluding hydrogens is 266 g/mol. The molecule has 2 heterocycles. The second-order valence-corrected chi connectivity index (χ2v) is 6.61. The summed E-state index contributed by atoms with van der Waals surface area (Å²) in [5.41, 5.74) is 7.75. The van der Waals surface area contributed by atoms with Gasteiger partial charge in [0.2, 0.25) is 0 Å². The standard InChI is InChI=1S/C16H23N3S/c1-11-9-13(16(17)20)10-15(18-11)19-8-4-6-12-5-2-3-7-14(12)19/h9-10,12,14H,2-8H2,1H3,(H2,17,20). The third-order valence-corrected chi connectivity index (χ3v) is 5.00. The van der Waals surface area contributed by atoms with E-state index < -0.39 is 0 Å². The normalized spacial score (nSPS) is 26.1. The molecule has 1 aliphatic carbocycles. The van der Waals surface area contributed by atoms with E-state index in [0.717, 1.165) is 29.5 Å². The summed E-state index contributed by atoms with van der Waals surface area (Å²) in [6.45, 7) is 3.14. The average Bonchev–Trinajstić information content (AvgIpc) is 2.46. The second kappa shape index (κ2) is 5.68. The second-order valence-electron chi connectivity index (χ2n) is 6.17. The SMILES string of the molecule is Cc1cc(C(N)=S)cc(N2CCCC3CCCCC32)n1. The Hall–Kier alpha value is -1.16. The molecule has 2 N–H and O–H groups in total. The number of hydrogen-bond donors (Lipinski definition) is 1. The van der Waals surface area contributed by atoms with Crippen LogP contribution < -0.4 is 10.6 Å². The van der Waals surface area contributed by atoms with Crippen LogP contribution in [0.25, 0.3) is 0 Å². The van der Waals surface area contributed by atoms with E-state index in [1.165, 1.54) is 38.5 Å². The number of anilines is 1. The van der Waals surface area contributed by atoms with Crippen molar-refractivity contribution in [2.45, 2.75) is 51.5 Å². The average molecular weight is 289 g/mol. The van der Waals surface area contributed by atoms with Gasteiger partial charge in [-0.15, -0.1) is 0 Å². The molecule has 2 unspecified atom stereocenters. The Labute approximate surface area is 126 Å². The van der Waals surface area contributed by atoms with Gasteiger partial charge in [0.1, 0.15) is 10.8 Å². The number of pyridine rings is 1. The van der Waals surface area contributed by atoms with Crippen LogP contribution in [-0.2, 0) is 0 Å². The van der Waals surface area contributed by atoms with Crippen LogP contribution in [0.5, 0.6) is 0 Å². The van der Waals surface area contributed by atoms with Crippen molar-refractivity contribution in [1.82, 2.24) is 4.98 Å². The fourth-order valence-electron chi connectivity index (χ4n) is 3.85. The van der Waals surface area contributed by atoms with E-state index in [9.17, 15) is 0 Å². The van der Waals surface area contributed by atoms with Crippen LogP contribution in [0.15, 0.2) is 12.1 Å². The summed E-state index contributed by atoms with van der Waals surface area (Å²) >= 11 is 5.13. The number of hydrogen-bond acceptors (Lipinski definition) is 3. The maximum atomic E-state index is 5.80. The lowest BCUT2D eigenvalue weighted by atomic mass is 9.78. The molecule has 3 nitrogen and oxygen atoms in total. The van der Waals surface area contributed by atoms with Crippen LogP contribution in [-0.4, -0.2) is 22.6 Å². The minimum absolute atomic E-state index is 0.467. The van der Waals surface area contributed by atoms with Crippen molar-refractivity contribution < 1.29 is 0 Å². The summed E-state index contributed by atoms with van der Waals surface area (Å²) < 4.78 is 0. The van der Waals surface area contributed by atoms with Crippen molar-refractivity contribution in [3.05, 3.63) is 23.4 Å². The molecule has 0 radical (unpaired) electrons. The van der Waals surface area contributed by atoms with Gasteiger partial charge in [-0.3, -0.25) is 0 Å². The fourth-order valence-corrected chi connectivity index (χ4v) is 3.97. The summed E-state index contributed by atoms with van der Waals surface area (Å²) in [6.07, 6.45) is 8.10. The van der Waals surface area contributed by atoms with Crippen molar-refractivity contribution in [1.29, 1.82) is 0 Å². The van der Waals surface area contributed by atoms with Crippen molar-refractivity contribution in [2.75, 3.05) is 11.4 Å². The lowest BCUT2D eigenvalue weighted by Gasteiger charge is -2.45. The van der Waals surface area contributed by atoms with Crippen molar-refractivity contribution in [2.24, 2.45) is 11.7 Å². The van der Waals surface area contributed by atoms with Crippen molar-refractivity contribution in [3.63, 3.8) is 0 Å². The third kappa shape index (κ3) is 2.66. The zero-order chi connectivity index (χ0) is 14.1. The maximum Gasteiger partial charge on any atom is 0.129 e. The quantitative estimate of drug-likeness (QED) is 0.849. The number of rotatable bonds is 2. The van der Waals surface area contributed by atoms with E-state index in [1.807, 2.05) is 13.0 Å². The Bertz CT molecular complexity index is 512. The number of thiocarbonyl (C=S) groups is 1. The van der Waals surface area contributed by atoms with Gasteiger partial charge in [0.05, 0.1) is 0 Å². The molecule has 1 aromatic rings. The van der Waals surface area contributed by atoms with Gasteiger partial charge in [0, 0.05) is 23.8 Å². The number of aryl methyl sites for hydroxylation is 1. The molecule has 0 aromatic carbocycles. The number of aromatic nitrogens is 1. The molecule has 1 aliphatic heterocycles. The number of piperidine rings is 1. The molecule has 1 saturated heterocycles. The van der Waals surface area contributed by atoms with Gasteiger partial charge in [0.25, 0.3) is 0 Å². The van der Waals surface area contributed by atoms with Gasteiger partial charge in [-0.25, -0.2) is 4.98 Å². The van der Waals surface area contributed by atoms with Crippen LogP contribution in [0.2, 0.25) is 0 Å². The van der Waals surface area contributed by atoms with Crippen LogP contribution in [0.3, 0.4) is 0 Å². The fraction of sp³-hybridized carbons (Fsp3) is 0.625. The molecule has 3 rings (SSSR count). The molecule has 0 spiro atoms. The van der Waals surface area contributed by atoms with Crippen molar-refractivity contribution in [3.8, 4) is 0 Å². The third-order valence-electron chi connectivity index (χ3n) is 4.76. The van der Waals surface area contributed by atoms with Gasteiger partial charge in [-0.05, 0) is 50.7 Å². The lowest BCUT2D eigenvalue weighted by molar-refractivity contribution is 0.242. The minimum atomic E-state index is 0.467. The van der Waals surface area contributed by atoms with E-state index in [4.69, 9.17) is 22.9 Å². The summed E-state index contributed by atoms with van der Waals surface area (Å²) in [7, 11) is 0. The first-order chi connectivity index (χ1) is 9.65. The molecule has 20 heavy (non-hydrogen) atoms. The molecule has 0 amide bonds. The van der Waals surface area contributed by atoms with Crippen LogP contribution in [0, 0.1) is 12.8 Å². The molecule has 1 saturated carbocycles. The number of nitrogens with zero attached hydrogens (tertiary/aromatic N) is 2. The van der Waals surface area contributed by atoms with Gasteiger partial charge in [0.15, 0.2) is 0 Å². The molecular formula is C16H23N3S. The Morgan fingerprint density at radius 3 is 2.80 bits per heavy atom. The Balaban J connectivity index is 1.92. The highest BCUT2D eigenvalue weighted by Crippen LogP contribution is 2.37. The molecule has 0 bridgehead atoms. The number of nitrogens with two attached hydrogens (primary N) is 1. The molecule has 2 atom stereocenters. The zero-order valence-corrected chi connectivity index (χ0v) is 13.0. The van der Waals surface area contributed by atoms with E-state index in [2.05, 4.69) is 11.0 Å². The van der Waals surface area contributed by atoms with Gasteiger partial charge >= 0.3 is 0 Å². The van der Waals surface area contributed by atoms with Gasteiger partial charge < -0.3 is 10.6 Å². The Morgan fingerprint density at radius 2 is 2.00 bits per heavy atom. The molecule has 4 heteroatoms. The Morgan fingerprint density at radius 1 is 1.25 bits per heavy atom. The number of fused-ring (bicyclic) bond motifs is 1. The van der Waals surface area contributed by atoms with Crippen molar-refractivity contribution >= 4 is 23.0 Å². The smallest absolute Gasteiger partial charge is 0.129 e. The maximum absolute atomic E-state index is 5.80. The highest BCUT2D eigenvalue weighted by Gasteiger charge is 2.33. The monoisotopic (exact) mass is 289 g/mol. The van der Waals surface area contributed by atoms with E-state index in [1.54, 1.807) is 0 Å². The first kappa shape index (κ1) is 13.8. The predicted molar refractivity (Wildman–Crippen MR) is 87.2 cm³/mol. The largest absolute Gasteiger partial charge is 0.389 e. The lowest BCUT2D eigenvalue weighted by Crippen LogP contribution is -2.47. The molecule has 1 aromatic heterocycles. The van der Waals surface area contributed by atoms with Crippen LogP contribution in [0.4, 0.5) is 5.82 Å². The molecule has 108 valence electrons. The van der Waals surface area contributed by atoms with Crippen LogP contribution in [0.1, 0.15) is 49.8 Å². The van der Waals surface area contributed by atoms with Gasteiger partial charge in [-0.1, -0.05) is 25.1 Å². The predicted octanol–water partition coefficient (Wildman–Crippen LogP) is 3.18.